The Labute approximate surface area is 83.8 Å². The Morgan fingerprint density at radius 3 is 2.57 bits per heavy atom. The molecular weight excluding hydrogens is 174 g/mol. The number of aromatic nitrogens is 3. The normalized spacial score (nSPS) is 11.5. The second-order valence-corrected chi connectivity index (χ2v) is 4.03. The largest absolute Gasteiger partial charge is 0.233 e. The van der Waals surface area contributed by atoms with Crippen LogP contribution in [0, 0.1) is 13.8 Å². The molecule has 2 aromatic rings. The lowest BCUT2D eigenvalue weighted by Gasteiger charge is -2.06. The second-order valence-electron chi connectivity index (χ2n) is 4.03. The van der Waals surface area contributed by atoms with E-state index in [9.17, 15) is 0 Å². The van der Waals surface area contributed by atoms with Gasteiger partial charge in [0.2, 0.25) is 0 Å². The molecule has 0 unspecified atom stereocenters. The third-order valence-corrected chi connectivity index (χ3v) is 2.34. The summed E-state index contributed by atoms with van der Waals surface area (Å²) in [6.45, 7) is 8.36. The average molecular weight is 189 g/mol. The standard InChI is InChI=1S/C11H15N3/c1-7(2)10-6-9(4)14-11(12-10)5-8(3)13-14/h5-7H,1-4H3. The summed E-state index contributed by atoms with van der Waals surface area (Å²) >= 11 is 0. The molecule has 0 aliphatic rings. The Hall–Kier alpha value is -1.38. The van der Waals surface area contributed by atoms with E-state index in [1.165, 1.54) is 0 Å². The first-order chi connectivity index (χ1) is 6.58. The molecule has 0 radical (unpaired) electrons. The molecule has 74 valence electrons. The van der Waals surface area contributed by atoms with Crippen molar-refractivity contribution in [3.63, 3.8) is 0 Å². The number of aryl methyl sites for hydroxylation is 2. The van der Waals surface area contributed by atoms with Gasteiger partial charge in [-0.25, -0.2) is 9.50 Å². The maximum absolute atomic E-state index is 4.56. The maximum atomic E-state index is 4.56. The highest BCUT2D eigenvalue weighted by Gasteiger charge is 2.07. The van der Waals surface area contributed by atoms with Crippen LogP contribution in [0.5, 0.6) is 0 Å². The van der Waals surface area contributed by atoms with E-state index in [0.29, 0.717) is 5.92 Å². The van der Waals surface area contributed by atoms with E-state index in [0.717, 1.165) is 22.7 Å². The van der Waals surface area contributed by atoms with Crippen LogP contribution in [-0.2, 0) is 0 Å². The Bertz CT molecular complexity index is 469. The highest BCUT2D eigenvalue weighted by atomic mass is 15.3. The first-order valence-electron chi connectivity index (χ1n) is 4.92. The van der Waals surface area contributed by atoms with Crippen LogP contribution in [0.3, 0.4) is 0 Å². The smallest absolute Gasteiger partial charge is 0.155 e. The van der Waals surface area contributed by atoms with E-state index in [1.807, 2.05) is 17.5 Å². The minimum atomic E-state index is 0.467. The van der Waals surface area contributed by atoms with Gasteiger partial charge in [-0.2, -0.15) is 5.10 Å². The molecule has 0 aliphatic carbocycles. The topological polar surface area (TPSA) is 30.2 Å². The summed E-state index contributed by atoms with van der Waals surface area (Å²) in [5.74, 6) is 0.467. The second kappa shape index (κ2) is 3.08. The van der Waals surface area contributed by atoms with E-state index in [1.54, 1.807) is 0 Å². The van der Waals surface area contributed by atoms with Crippen molar-refractivity contribution in [2.75, 3.05) is 0 Å². The Balaban J connectivity index is 2.71. The predicted molar refractivity (Wildman–Crippen MR) is 56.6 cm³/mol. The van der Waals surface area contributed by atoms with E-state index >= 15 is 0 Å². The fourth-order valence-corrected chi connectivity index (χ4v) is 1.56. The molecule has 0 amide bonds. The van der Waals surface area contributed by atoms with Crippen LogP contribution < -0.4 is 0 Å². The van der Waals surface area contributed by atoms with Crippen LogP contribution in [0.15, 0.2) is 12.1 Å². The summed E-state index contributed by atoms with van der Waals surface area (Å²) in [6.07, 6.45) is 0. The lowest BCUT2D eigenvalue weighted by Crippen LogP contribution is -2.01. The SMILES string of the molecule is Cc1cc2nc(C(C)C)cc(C)n2n1. The zero-order valence-corrected chi connectivity index (χ0v) is 9.07. The van der Waals surface area contributed by atoms with Gasteiger partial charge in [0.1, 0.15) is 0 Å². The van der Waals surface area contributed by atoms with Crippen molar-refractivity contribution in [1.82, 2.24) is 14.6 Å². The molecule has 14 heavy (non-hydrogen) atoms. The average Bonchev–Trinajstić information content (AvgIpc) is 2.45. The zero-order valence-electron chi connectivity index (χ0n) is 9.07. The van der Waals surface area contributed by atoms with E-state index in [4.69, 9.17) is 0 Å². The van der Waals surface area contributed by atoms with Gasteiger partial charge in [0.05, 0.1) is 5.69 Å². The van der Waals surface area contributed by atoms with Gasteiger partial charge in [-0.1, -0.05) is 13.8 Å². The number of fused-ring (bicyclic) bond motifs is 1. The predicted octanol–water partition coefficient (Wildman–Crippen LogP) is 2.47. The summed E-state index contributed by atoms with van der Waals surface area (Å²) < 4.78 is 1.89. The van der Waals surface area contributed by atoms with Gasteiger partial charge in [0, 0.05) is 17.5 Å². The van der Waals surface area contributed by atoms with Crippen molar-refractivity contribution in [2.45, 2.75) is 33.6 Å². The van der Waals surface area contributed by atoms with Gasteiger partial charge >= 0.3 is 0 Å². The van der Waals surface area contributed by atoms with Crippen LogP contribution in [0.4, 0.5) is 0 Å². The van der Waals surface area contributed by atoms with Crippen molar-refractivity contribution in [3.8, 4) is 0 Å². The highest BCUT2D eigenvalue weighted by Crippen LogP contribution is 2.15. The quantitative estimate of drug-likeness (QED) is 0.689. The Morgan fingerprint density at radius 2 is 1.93 bits per heavy atom. The molecule has 2 aromatic heterocycles. The molecule has 0 aromatic carbocycles. The van der Waals surface area contributed by atoms with Crippen LogP contribution in [0.25, 0.3) is 5.65 Å². The van der Waals surface area contributed by atoms with E-state index in [2.05, 4.69) is 36.9 Å². The van der Waals surface area contributed by atoms with Crippen LogP contribution >= 0.6 is 0 Å². The van der Waals surface area contributed by atoms with Gasteiger partial charge in [-0.15, -0.1) is 0 Å². The molecule has 0 atom stereocenters. The van der Waals surface area contributed by atoms with E-state index in [-0.39, 0.29) is 0 Å². The van der Waals surface area contributed by atoms with Crippen molar-refractivity contribution in [1.29, 1.82) is 0 Å². The number of rotatable bonds is 1. The molecule has 2 rings (SSSR count). The monoisotopic (exact) mass is 189 g/mol. The number of hydrogen-bond acceptors (Lipinski definition) is 2. The first kappa shape index (κ1) is 9.19. The summed E-state index contributed by atoms with van der Waals surface area (Å²) in [6, 6.07) is 4.11. The third kappa shape index (κ3) is 1.39. The summed E-state index contributed by atoms with van der Waals surface area (Å²) in [5.41, 5.74) is 4.24. The maximum Gasteiger partial charge on any atom is 0.155 e. The van der Waals surface area contributed by atoms with Crippen LogP contribution in [-0.4, -0.2) is 14.6 Å². The van der Waals surface area contributed by atoms with Gasteiger partial charge in [-0.3, -0.25) is 0 Å². The molecule has 2 heterocycles. The summed E-state index contributed by atoms with van der Waals surface area (Å²) in [7, 11) is 0. The first-order valence-corrected chi connectivity index (χ1v) is 4.92. The molecule has 0 aliphatic heterocycles. The van der Waals surface area contributed by atoms with Gasteiger partial charge in [0.25, 0.3) is 0 Å². The lowest BCUT2D eigenvalue weighted by molar-refractivity contribution is 0.794. The minimum absolute atomic E-state index is 0.467. The van der Waals surface area contributed by atoms with Gasteiger partial charge in [0.15, 0.2) is 5.65 Å². The number of hydrogen-bond donors (Lipinski definition) is 0. The molecule has 0 N–H and O–H groups in total. The van der Waals surface area contributed by atoms with E-state index < -0.39 is 0 Å². The lowest BCUT2D eigenvalue weighted by atomic mass is 10.1. The van der Waals surface area contributed by atoms with Crippen LogP contribution in [0.1, 0.15) is 36.8 Å². The third-order valence-electron chi connectivity index (χ3n) is 2.34. The van der Waals surface area contributed by atoms with Gasteiger partial charge in [-0.05, 0) is 25.8 Å². The fraction of sp³-hybridized carbons (Fsp3) is 0.455. The summed E-state index contributed by atoms with van der Waals surface area (Å²) in [5, 5.41) is 4.37. The van der Waals surface area contributed by atoms with Gasteiger partial charge < -0.3 is 0 Å². The van der Waals surface area contributed by atoms with Crippen molar-refractivity contribution >= 4 is 5.65 Å². The Morgan fingerprint density at radius 1 is 1.21 bits per heavy atom. The number of nitrogens with zero attached hydrogens (tertiary/aromatic N) is 3. The zero-order chi connectivity index (χ0) is 10.3. The molecule has 0 bridgehead atoms. The molecule has 0 saturated heterocycles. The summed E-state index contributed by atoms with van der Waals surface area (Å²) in [4.78, 5) is 4.56. The van der Waals surface area contributed by atoms with Crippen LogP contribution in [0.2, 0.25) is 0 Å². The van der Waals surface area contributed by atoms with Crippen molar-refractivity contribution in [2.24, 2.45) is 0 Å². The van der Waals surface area contributed by atoms with Crippen molar-refractivity contribution < 1.29 is 0 Å². The fourth-order valence-electron chi connectivity index (χ4n) is 1.56. The minimum Gasteiger partial charge on any atom is -0.233 e. The molecule has 0 spiro atoms. The Kier molecular flexibility index (Phi) is 2.02. The molecule has 0 fully saturated rings. The molecule has 0 saturated carbocycles. The molecular formula is C11H15N3. The van der Waals surface area contributed by atoms with Crippen molar-refractivity contribution in [3.05, 3.63) is 29.2 Å². The molecule has 3 nitrogen and oxygen atoms in total. The highest BCUT2D eigenvalue weighted by molar-refractivity contribution is 5.41. The molecule has 3 heteroatoms.